The van der Waals surface area contributed by atoms with E-state index < -0.39 is 0 Å². The predicted octanol–water partition coefficient (Wildman–Crippen LogP) is 1.59. The summed E-state index contributed by atoms with van der Waals surface area (Å²) in [5.41, 5.74) is -0.181. The normalized spacial score (nSPS) is 39.0. The third kappa shape index (κ3) is 2.69. The summed E-state index contributed by atoms with van der Waals surface area (Å²) in [6.07, 6.45) is 0.00808. The van der Waals surface area contributed by atoms with Gasteiger partial charge in [-0.3, -0.25) is 0 Å². The van der Waals surface area contributed by atoms with Gasteiger partial charge in [-0.2, -0.15) is 0 Å². The SMILES string of the molecule is CC1[C@H](C)O[C@H](CO)[C@@H]1OC(C)(C)C. The maximum absolute atomic E-state index is 9.16. The summed E-state index contributed by atoms with van der Waals surface area (Å²) in [7, 11) is 0. The van der Waals surface area contributed by atoms with E-state index in [-0.39, 0.29) is 30.5 Å². The maximum atomic E-state index is 9.16. The number of hydrogen-bond donors (Lipinski definition) is 1. The van der Waals surface area contributed by atoms with Gasteiger partial charge in [0.05, 0.1) is 24.4 Å². The van der Waals surface area contributed by atoms with Crippen molar-refractivity contribution < 1.29 is 14.6 Å². The van der Waals surface area contributed by atoms with Gasteiger partial charge in [-0.15, -0.1) is 0 Å². The van der Waals surface area contributed by atoms with Crippen LogP contribution in [-0.4, -0.2) is 35.6 Å². The molecule has 4 atom stereocenters. The van der Waals surface area contributed by atoms with Crippen LogP contribution in [-0.2, 0) is 9.47 Å². The van der Waals surface area contributed by atoms with Crippen molar-refractivity contribution >= 4 is 0 Å². The van der Waals surface area contributed by atoms with E-state index in [1.165, 1.54) is 0 Å². The van der Waals surface area contributed by atoms with Crippen LogP contribution in [0.5, 0.6) is 0 Å². The van der Waals surface area contributed by atoms with Crippen molar-refractivity contribution in [3.05, 3.63) is 0 Å². The standard InChI is InChI=1S/C11H22O3/c1-7-8(2)13-9(6-12)10(7)14-11(3,4)5/h7-10,12H,6H2,1-5H3/t7?,8-,9+,10+/m0/s1. The van der Waals surface area contributed by atoms with Gasteiger partial charge in [0.25, 0.3) is 0 Å². The van der Waals surface area contributed by atoms with E-state index in [0.29, 0.717) is 5.92 Å². The summed E-state index contributed by atoms with van der Waals surface area (Å²) in [6.45, 7) is 10.2. The van der Waals surface area contributed by atoms with Crippen molar-refractivity contribution in [2.24, 2.45) is 5.92 Å². The van der Waals surface area contributed by atoms with Gasteiger partial charge in [0.15, 0.2) is 0 Å². The van der Waals surface area contributed by atoms with E-state index in [0.717, 1.165) is 0 Å². The van der Waals surface area contributed by atoms with Gasteiger partial charge >= 0.3 is 0 Å². The van der Waals surface area contributed by atoms with Crippen LogP contribution >= 0.6 is 0 Å². The molecule has 1 aliphatic rings. The Morgan fingerprint density at radius 3 is 2.29 bits per heavy atom. The molecule has 1 unspecified atom stereocenters. The number of ether oxygens (including phenoxy) is 2. The zero-order valence-electron chi connectivity index (χ0n) is 9.78. The molecule has 1 aliphatic heterocycles. The van der Waals surface area contributed by atoms with Crippen LogP contribution in [0.15, 0.2) is 0 Å². The molecule has 3 nitrogen and oxygen atoms in total. The Bertz CT molecular complexity index is 185. The lowest BCUT2D eigenvalue weighted by Crippen LogP contribution is -2.38. The van der Waals surface area contributed by atoms with Crippen molar-refractivity contribution in [3.8, 4) is 0 Å². The maximum Gasteiger partial charge on any atom is 0.107 e. The molecule has 0 aliphatic carbocycles. The molecule has 0 aromatic rings. The second-order valence-electron chi connectivity index (χ2n) is 5.12. The van der Waals surface area contributed by atoms with Crippen LogP contribution in [0.4, 0.5) is 0 Å². The Labute approximate surface area is 86.4 Å². The summed E-state index contributed by atoms with van der Waals surface area (Å²) in [5.74, 6) is 0.339. The topological polar surface area (TPSA) is 38.7 Å². The third-order valence-electron chi connectivity index (χ3n) is 2.68. The molecule has 0 saturated carbocycles. The lowest BCUT2D eigenvalue weighted by molar-refractivity contribution is -0.107. The van der Waals surface area contributed by atoms with Crippen LogP contribution in [0.2, 0.25) is 0 Å². The molecule has 1 N–H and O–H groups in total. The molecule has 14 heavy (non-hydrogen) atoms. The number of aliphatic hydroxyl groups is 1. The summed E-state index contributed by atoms with van der Waals surface area (Å²) >= 11 is 0. The zero-order valence-corrected chi connectivity index (χ0v) is 9.78. The van der Waals surface area contributed by atoms with Crippen molar-refractivity contribution in [3.63, 3.8) is 0 Å². The fraction of sp³-hybridized carbons (Fsp3) is 1.00. The molecule has 0 amide bonds. The molecule has 1 saturated heterocycles. The van der Waals surface area contributed by atoms with E-state index >= 15 is 0 Å². The van der Waals surface area contributed by atoms with E-state index in [1.54, 1.807) is 0 Å². The fourth-order valence-electron chi connectivity index (χ4n) is 1.82. The van der Waals surface area contributed by atoms with Gasteiger partial charge in [0, 0.05) is 5.92 Å². The summed E-state index contributed by atoms with van der Waals surface area (Å²) in [6, 6.07) is 0. The van der Waals surface area contributed by atoms with Gasteiger partial charge in [-0.25, -0.2) is 0 Å². The molecule has 0 aromatic heterocycles. The summed E-state index contributed by atoms with van der Waals surface area (Å²) in [4.78, 5) is 0. The Hall–Kier alpha value is -0.120. The number of rotatable bonds is 2. The van der Waals surface area contributed by atoms with E-state index in [4.69, 9.17) is 14.6 Å². The monoisotopic (exact) mass is 202 g/mol. The first-order valence-corrected chi connectivity index (χ1v) is 5.29. The lowest BCUT2D eigenvalue weighted by atomic mass is 9.98. The predicted molar refractivity (Wildman–Crippen MR) is 55.2 cm³/mol. The molecule has 0 radical (unpaired) electrons. The first-order chi connectivity index (χ1) is 6.35. The minimum Gasteiger partial charge on any atom is -0.394 e. The third-order valence-corrected chi connectivity index (χ3v) is 2.68. The molecule has 0 aromatic carbocycles. The highest BCUT2D eigenvalue weighted by Crippen LogP contribution is 2.31. The molecule has 1 fully saturated rings. The minimum absolute atomic E-state index is 0.00926. The van der Waals surface area contributed by atoms with Crippen LogP contribution in [0, 0.1) is 5.92 Å². The van der Waals surface area contributed by atoms with Crippen molar-refractivity contribution in [2.45, 2.75) is 58.5 Å². The molecule has 1 rings (SSSR count). The van der Waals surface area contributed by atoms with Gasteiger partial charge in [-0.1, -0.05) is 6.92 Å². The van der Waals surface area contributed by atoms with Crippen molar-refractivity contribution in [2.75, 3.05) is 6.61 Å². The van der Waals surface area contributed by atoms with E-state index in [1.807, 2.05) is 27.7 Å². The fourth-order valence-corrected chi connectivity index (χ4v) is 1.82. The molecular formula is C11H22O3. The van der Waals surface area contributed by atoms with E-state index in [9.17, 15) is 0 Å². The summed E-state index contributed by atoms with van der Waals surface area (Å²) in [5, 5.41) is 9.16. The Kier molecular flexibility index (Phi) is 3.56. The van der Waals surface area contributed by atoms with Gasteiger partial charge < -0.3 is 14.6 Å². The molecule has 0 spiro atoms. The van der Waals surface area contributed by atoms with E-state index in [2.05, 4.69) is 6.92 Å². The molecule has 3 heteroatoms. The van der Waals surface area contributed by atoms with Gasteiger partial charge in [0.2, 0.25) is 0 Å². The highest BCUT2D eigenvalue weighted by atomic mass is 16.6. The van der Waals surface area contributed by atoms with Gasteiger partial charge in [0.1, 0.15) is 6.10 Å². The van der Waals surface area contributed by atoms with Crippen molar-refractivity contribution in [1.82, 2.24) is 0 Å². The number of aliphatic hydroxyl groups excluding tert-OH is 1. The van der Waals surface area contributed by atoms with Crippen LogP contribution < -0.4 is 0 Å². The Morgan fingerprint density at radius 2 is 1.86 bits per heavy atom. The molecule has 0 bridgehead atoms. The quantitative estimate of drug-likeness (QED) is 0.739. The number of hydrogen-bond acceptors (Lipinski definition) is 3. The minimum atomic E-state index is -0.181. The molecule has 84 valence electrons. The first kappa shape index (κ1) is 12.0. The smallest absolute Gasteiger partial charge is 0.107 e. The lowest BCUT2D eigenvalue weighted by Gasteiger charge is -2.29. The zero-order chi connectivity index (χ0) is 10.9. The first-order valence-electron chi connectivity index (χ1n) is 5.29. The van der Waals surface area contributed by atoms with Crippen LogP contribution in [0.3, 0.4) is 0 Å². The van der Waals surface area contributed by atoms with Crippen LogP contribution in [0.1, 0.15) is 34.6 Å². The average Bonchev–Trinajstić information content (AvgIpc) is 2.30. The average molecular weight is 202 g/mol. The van der Waals surface area contributed by atoms with Gasteiger partial charge in [-0.05, 0) is 27.7 Å². The second kappa shape index (κ2) is 4.17. The molecule has 1 heterocycles. The Morgan fingerprint density at radius 1 is 1.29 bits per heavy atom. The van der Waals surface area contributed by atoms with Crippen LogP contribution in [0.25, 0.3) is 0 Å². The van der Waals surface area contributed by atoms with Crippen molar-refractivity contribution in [1.29, 1.82) is 0 Å². The highest BCUT2D eigenvalue weighted by molar-refractivity contribution is 4.88. The highest BCUT2D eigenvalue weighted by Gasteiger charge is 2.41. The Balaban J connectivity index is 2.64. The molecular weight excluding hydrogens is 180 g/mol. The largest absolute Gasteiger partial charge is 0.394 e. The second-order valence-corrected chi connectivity index (χ2v) is 5.12. The summed E-state index contributed by atoms with van der Waals surface area (Å²) < 4.78 is 11.5.